The standard InChI is InChI=1S/C8H19NSi/c1-7(2)9-10-8-5-3-4-6-8/h7-9H,3-6,10H2,1-2H3. The summed E-state index contributed by atoms with van der Waals surface area (Å²) in [5, 5.41) is 0. The van der Waals surface area contributed by atoms with Crippen molar-refractivity contribution >= 4 is 9.68 Å². The van der Waals surface area contributed by atoms with Gasteiger partial charge in [0.2, 0.25) is 0 Å². The lowest BCUT2D eigenvalue weighted by Crippen LogP contribution is -2.29. The maximum absolute atomic E-state index is 3.63. The van der Waals surface area contributed by atoms with Gasteiger partial charge in [0.15, 0.2) is 0 Å². The van der Waals surface area contributed by atoms with Crippen molar-refractivity contribution < 1.29 is 0 Å². The van der Waals surface area contributed by atoms with E-state index in [-0.39, 0.29) is 9.68 Å². The van der Waals surface area contributed by atoms with Crippen LogP contribution in [0.1, 0.15) is 39.5 Å². The van der Waals surface area contributed by atoms with Crippen molar-refractivity contribution in [2.24, 2.45) is 0 Å². The maximum Gasteiger partial charge on any atom is 0.0950 e. The Labute approximate surface area is 66.5 Å². The zero-order chi connectivity index (χ0) is 7.40. The van der Waals surface area contributed by atoms with Gasteiger partial charge in [0.25, 0.3) is 0 Å². The van der Waals surface area contributed by atoms with E-state index in [2.05, 4.69) is 18.8 Å². The second-order valence-electron chi connectivity index (χ2n) is 3.71. The number of hydrogen-bond acceptors (Lipinski definition) is 1. The second kappa shape index (κ2) is 4.14. The number of nitrogens with one attached hydrogen (secondary N) is 1. The lowest BCUT2D eigenvalue weighted by molar-refractivity contribution is 0.727. The fourth-order valence-corrected chi connectivity index (χ4v) is 3.41. The van der Waals surface area contributed by atoms with Crippen molar-refractivity contribution in [1.82, 2.24) is 4.98 Å². The average molecular weight is 157 g/mol. The molecule has 0 bridgehead atoms. The van der Waals surface area contributed by atoms with E-state index in [1.54, 1.807) is 0 Å². The molecule has 1 fully saturated rings. The van der Waals surface area contributed by atoms with Crippen molar-refractivity contribution in [2.75, 3.05) is 0 Å². The highest BCUT2D eigenvalue weighted by Gasteiger charge is 2.14. The minimum atomic E-state index is 0.0903. The SMILES string of the molecule is CC(C)N[SiH2]C1CCCC1. The van der Waals surface area contributed by atoms with Gasteiger partial charge in [-0.3, -0.25) is 0 Å². The summed E-state index contributed by atoms with van der Waals surface area (Å²) in [5.41, 5.74) is 1.13. The highest BCUT2D eigenvalue weighted by Crippen LogP contribution is 2.28. The molecule has 0 radical (unpaired) electrons. The van der Waals surface area contributed by atoms with Gasteiger partial charge in [-0.15, -0.1) is 0 Å². The van der Waals surface area contributed by atoms with E-state index < -0.39 is 0 Å². The summed E-state index contributed by atoms with van der Waals surface area (Å²) in [6.45, 7) is 4.50. The number of rotatable bonds is 3. The molecule has 1 rings (SSSR count). The highest BCUT2D eigenvalue weighted by molar-refractivity contribution is 6.34. The van der Waals surface area contributed by atoms with Crippen molar-refractivity contribution in [2.45, 2.75) is 51.1 Å². The first-order valence-electron chi connectivity index (χ1n) is 4.52. The van der Waals surface area contributed by atoms with Crippen molar-refractivity contribution in [3.05, 3.63) is 0 Å². The first-order valence-corrected chi connectivity index (χ1v) is 6.05. The van der Waals surface area contributed by atoms with Crippen LogP contribution in [0.4, 0.5) is 0 Å². The fraction of sp³-hybridized carbons (Fsp3) is 1.00. The predicted octanol–water partition coefficient (Wildman–Crippen LogP) is 1.43. The van der Waals surface area contributed by atoms with Gasteiger partial charge in [-0.25, -0.2) is 0 Å². The molecule has 0 spiro atoms. The molecule has 1 nitrogen and oxygen atoms in total. The molecule has 0 amide bonds. The fourth-order valence-electron chi connectivity index (χ4n) is 1.62. The number of hydrogen-bond donors (Lipinski definition) is 1. The molecule has 0 saturated heterocycles. The summed E-state index contributed by atoms with van der Waals surface area (Å²) in [4.78, 5) is 3.63. The van der Waals surface area contributed by atoms with Crippen molar-refractivity contribution in [3.8, 4) is 0 Å². The van der Waals surface area contributed by atoms with E-state index in [0.29, 0.717) is 0 Å². The summed E-state index contributed by atoms with van der Waals surface area (Å²) >= 11 is 0. The van der Waals surface area contributed by atoms with Gasteiger partial charge in [-0.05, 0) is 11.6 Å². The van der Waals surface area contributed by atoms with Crippen LogP contribution in [0.5, 0.6) is 0 Å². The molecule has 10 heavy (non-hydrogen) atoms. The molecular formula is C8H19NSi. The highest BCUT2D eigenvalue weighted by atomic mass is 28.2. The third kappa shape index (κ3) is 2.84. The van der Waals surface area contributed by atoms with E-state index in [9.17, 15) is 0 Å². The second-order valence-corrected chi connectivity index (χ2v) is 5.68. The zero-order valence-electron chi connectivity index (χ0n) is 7.19. The molecule has 0 atom stereocenters. The van der Waals surface area contributed by atoms with Crippen LogP contribution in [0.2, 0.25) is 5.54 Å². The van der Waals surface area contributed by atoms with Crippen molar-refractivity contribution in [1.29, 1.82) is 0 Å². The monoisotopic (exact) mass is 157 g/mol. The normalized spacial score (nSPS) is 21.9. The van der Waals surface area contributed by atoms with E-state index in [4.69, 9.17) is 0 Å². The Hall–Kier alpha value is 0.177. The Bertz CT molecular complexity index is 87.3. The molecular weight excluding hydrogens is 138 g/mol. The maximum atomic E-state index is 3.63. The summed E-state index contributed by atoms with van der Waals surface area (Å²) < 4.78 is 0. The molecule has 0 aromatic carbocycles. The van der Waals surface area contributed by atoms with Gasteiger partial charge in [0.1, 0.15) is 0 Å². The Morgan fingerprint density at radius 1 is 1.30 bits per heavy atom. The van der Waals surface area contributed by atoms with Crippen LogP contribution < -0.4 is 4.98 Å². The van der Waals surface area contributed by atoms with Gasteiger partial charge in [0, 0.05) is 0 Å². The first-order chi connectivity index (χ1) is 4.79. The molecule has 1 N–H and O–H groups in total. The molecule has 1 saturated carbocycles. The molecule has 0 aliphatic heterocycles. The lowest BCUT2D eigenvalue weighted by atomic mass is 10.4. The largest absolute Gasteiger partial charge is 0.340 e. The Morgan fingerprint density at radius 2 is 1.90 bits per heavy atom. The van der Waals surface area contributed by atoms with Crippen molar-refractivity contribution in [3.63, 3.8) is 0 Å². The molecule has 0 aromatic heterocycles. The zero-order valence-corrected chi connectivity index (χ0v) is 8.60. The molecule has 1 aliphatic carbocycles. The van der Waals surface area contributed by atoms with E-state index in [1.165, 1.54) is 25.7 Å². The van der Waals surface area contributed by atoms with E-state index in [0.717, 1.165) is 11.6 Å². The Kier molecular flexibility index (Phi) is 3.42. The summed E-state index contributed by atoms with van der Waals surface area (Å²) in [6, 6.07) is 0.729. The molecule has 60 valence electrons. The van der Waals surface area contributed by atoms with Gasteiger partial charge in [0.05, 0.1) is 9.68 Å². The molecule has 1 aliphatic rings. The van der Waals surface area contributed by atoms with Crippen LogP contribution >= 0.6 is 0 Å². The molecule has 0 heterocycles. The lowest BCUT2D eigenvalue weighted by Gasteiger charge is -2.11. The molecule has 2 heteroatoms. The van der Waals surface area contributed by atoms with Crippen LogP contribution in [-0.2, 0) is 0 Å². The van der Waals surface area contributed by atoms with Crippen LogP contribution in [-0.4, -0.2) is 15.7 Å². The Balaban J connectivity index is 2.01. The van der Waals surface area contributed by atoms with Crippen LogP contribution in [0.3, 0.4) is 0 Å². The molecule has 0 aromatic rings. The van der Waals surface area contributed by atoms with Gasteiger partial charge < -0.3 is 4.98 Å². The minimum Gasteiger partial charge on any atom is -0.340 e. The summed E-state index contributed by atoms with van der Waals surface area (Å²) in [5.74, 6) is 0. The third-order valence-corrected chi connectivity index (χ3v) is 4.74. The quantitative estimate of drug-likeness (QED) is 0.611. The van der Waals surface area contributed by atoms with Gasteiger partial charge in [-0.1, -0.05) is 39.5 Å². The third-order valence-electron chi connectivity index (χ3n) is 2.29. The van der Waals surface area contributed by atoms with Gasteiger partial charge in [-0.2, -0.15) is 0 Å². The van der Waals surface area contributed by atoms with Crippen LogP contribution in [0.25, 0.3) is 0 Å². The predicted molar refractivity (Wildman–Crippen MR) is 49.0 cm³/mol. The minimum absolute atomic E-state index is 0.0903. The summed E-state index contributed by atoms with van der Waals surface area (Å²) in [6.07, 6.45) is 6.03. The average Bonchev–Trinajstić information content (AvgIpc) is 2.34. The van der Waals surface area contributed by atoms with Crippen LogP contribution in [0, 0.1) is 0 Å². The van der Waals surface area contributed by atoms with Crippen LogP contribution in [0.15, 0.2) is 0 Å². The first kappa shape index (κ1) is 8.28. The van der Waals surface area contributed by atoms with E-state index >= 15 is 0 Å². The van der Waals surface area contributed by atoms with E-state index in [1.807, 2.05) is 0 Å². The molecule has 0 unspecified atom stereocenters. The smallest absolute Gasteiger partial charge is 0.0950 e. The van der Waals surface area contributed by atoms with Gasteiger partial charge >= 0.3 is 0 Å². The summed E-state index contributed by atoms with van der Waals surface area (Å²) in [7, 11) is 0.0903. The topological polar surface area (TPSA) is 12.0 Å². The Morgan fingerprint density at radius 3 is 2.40 bits per heavy atom.